The van der Waals surface area contributed by atoms with E-state index in [0.29, 0.717) is 28.4 Å². The Bertz CT molecular complexity index is 1120. The summed E-state index contributed by atoms with van der Waals surface area (Å²) >= 11 is 0. The molecule has 34 heavy (non-hydrogen) atoms. The van der Waals surface area contributed by atoms with E-state index in [1.807, 2.05) is 30.3 Å². The van der Waals surface area contributed by atoms with Gasteiger partial charge in [-0.2, -0.15) is 0 Å². The number of methoxy groups -OCH3 is 3. The lowest BCUT2D eigenvalue weighted by Gasteiger charge is -2.17. The first kappa shape index (κ1) is 24.5. The lowest BCUT2D eigenvalue weighted by Crippen LogP contribution is -2.15. The predicted molar refractivity (Wildman–Crippen MR) is 122 cm³/mol. The number of esters is 2. The van der Waals surface area contributed by atoms with Gasteiger partial charge in [0.15, 0.2) is 6.61 Å². The van der Waals surface area contributed by atoms with E-state index in [9.17, 15) is 14.7 Å². The fraction of sp³-hybridized carbons (Fsp3) is 0.240. The fourth-order valence-electron chi connectivity index (χ4n) is 3.20. The smallest absolute Gasteiger partial charge is 0.356 e. The van der Waals surface area contributed by atoms with E-state index in [1.165, 1.54) is 27.4 Å². The first-order valence-electron chi connectivity index (χ1n) is 10.3. The van der Waals surface area contributed by atoms with Crippen LogP contribution in [0, 0.1) is 0 Å². The molecule has 1 heterocycles. The number of aromatic nitrogens is 1. The van der Waals surface area contributed by atoms with Crippen LogP contribution < -0.4 is 14.2 Å². The molecule has 0 amide bonds. The Kier molecular flexibility index (Phi) is 8.42. The predicted octanol–water partition coefficient (Wildman–Crippen LogP) is 3.17. The van der Waals surface area contributed by atoms with Crippen molar-refractivity contribution in [2.75, 3.05) is 27.9 Å². The molecule has 0 aliphatic heterocycles. The van der Waals surface area contributed by atoms with Crippen molar-refractivity contribution in [2.24, 2.45) is 0 Å². The summed E-state index contributed by atoms with van der Waals surface area (Å²) in [5, 5.41) is 9.58. The Balaban J connectivity index is 1.83. The van der Waals surface area contributed by atoms with Gasteiger partial charge in [-0.15, -0.1) is 0 Å². The van der Waals surface area contributed by atoms with Crippen LogP contribution in [0.2, 0.25) is 0 Å². The van der Waals surface area contributed by atoms with E-state index in [4.69, 9.17) is 23.7 Å². The number of nitrogens with zero attached hydrogens (tertiary/aromatic N) is 1. The number of carbonyl (C=O) groups excluding carboxylic acids is 2. The van der Waals surface area contributed by atoms with Gasteiger partial charge in [-0.25, -0.2) is 14.6 Å². The van der Waals surface area contributed by atoms with Gasteiger partial charge < -0.3 is 28.8 Å². The molecule has 1 N–H and O–H groups in total. The molecule has 9 heteroatoms. The molecule has 3 aromatic rings. The van der Waals surface area contributed by atoms with Crippen molar-refractivity contribution in [3.8, 4) is 28.4 Å². The summed E-state index contributed by atoms with van der Waals surface area (Å²) in [7, 11) is 4.17. The van der Waals surface area contributed by atoms with Gasteiger partial charge in [0, 0.05) is 12.1 Å². The van der Waals surface area contributed by atoms with Crippen molar-refractivity contribution in [2.45, 2.75) is 13.2 Å². The van der Waals surface area contributed by atoms with E-state index >= 15 is 0 Å². The summed E-state index contributed by atoms with van der Waals surface area (Å²) in [6.07, 6.45) is 0. The van der Waals surface area contributed by atoms with Gasteiger partial charge in [0.05, 0.1) is 39.2 Å². The number of aliphatic hydroxyl groups excluding tert-OH is 1. The Hall–Kier alpha value is -4.11. The minimum Gasteiger partial charge on any atom is -0.496 e. The van der Waals surface area contributed by atoms with E-state index in [0.717, 1.165) is 5.56 Å². The van der Waals surface area contributed by atoms with Crippen molar-refractivity contribution in [1.82, 2.24) is 4.98 Å². The fourth-order valence-corrected chi connectivity index (χ4v) is 3.20. The van der Waals surface area contributed by atoms with Crippen molar-refractivity contribution in [1.29, 1.82) is 0 Å². The van der Waals surface area contributed by atoms with E-state index in [-0.39, 0.29) is 31.2 Å². The minimum absolute atomic E-state index is 0.0228. The number of rotatable bonds is 10. The maximum absolute atomic E-state index is 12.1. The Morgan fingerprint density at radius 1 is 0.941 bits per heavy atom. The molecule has 1 aromatic heterocycles. The topological polar surface area (TPSA) is 113 Å². The Morgan fingerprint density at radius 3 is 2.21 bits per heavy atom. The highest BCUT2D eigenvalue weighted by Crippen LogP contribution is 2.42. The molecule has 9 nitrogen and oxygen atoms in total. The highest BCUT2D eigenvalue weighted by Gasteiger charge is 2.20. The molecular formula is C25H25NO8. The van der Waals surface area contributed by atoms with Crippen LogP contribution in [0.15, 0.2) is 54.6 Å². The number of hydrogen-bond donors (Lipinski definition) is 1. The molecule has 0 fully saturated rings. The van der Waals surface area contributed by atoms with Gasteiger partial charge in [-0.3, -0.25) is 0 Å². The number of benzene rings is 2. The maximum atomic E-state index is 12.1. The number of ether oxygens (including phenoxy) is 5. The van der Waals surface area contributed by atoms with Crippen LogP contribution in [0.3, 0.4) is 0 Å². The van der Waals surface area contributed by atoms with Crippen molar-refractivity contribution >= 4 is 11.9 Å². The van der Waals surface area contributed by atoms with Crippen molar-refractivity contribution in [3.05, 3.63) is 71.5 Å². The third-order valence-electron chi connectivity index (χ3n) is 4.80. The van der Waals surface area contributed by atoms with Gasteiger partial charge >= 0.3 is 11.9 Å². The second kappa shape index (κ2) is 11.7. The number of hydrogen-bond acceptors (Lipinski definition) is 9. The molecule has 3 rings (SSSR count). The molecule has 0 aliphatic rings. The van der Waals surface area contributed by atoms with Gasteiger partial charge in [0.2, 0.25) is 0 Å². The standard InChI is InChI=1S/C25H25NO8/c1-30-21-11-19(33-15-23(28)34-14-16-7-5-4-6-8-16)12-22(31-2)24(21)17-9-18(13-27)26-20(10-17)25(29)32-3/h4-12,27H,13-15H2,1-3H3. The second-order valence-electron chi connectivity index (χ2n) is 7.02. The minimum atomic E-state index is -0.650. The first-order valence-corrected chi connectivity index (χ1v) is 10.3. The zero-order chi connectivity index (χ0) is 24.5. The summed E-state index contributed by atoms with van der Waals surface area (Å²) < 4.78 is 26.6. The number of carbonyl (C=O) groups is 2. The number of pyridine rings is 1. The van der Waals surface area contributed by atoms with Gasteiger partial charge in [-0.05, 0) is 23.3 Å². The van der Waals surface area contributed by atoms with Crippen molar-refractivity contribution in [3.63, 3.8) is 0 Å². The van der Waals surface area contributed by atoms with Crippen LogP contribution in [0.25, 0.3) is 11.1 Å². The average Bonchev–Trinajstić information content (AvgIpc) is 2.89. The Morgan fingerprint density at radius 2 is 1.62 bits per heavy atom. The van der Waals surface area contributed by atoms with Gasteiger partial charge in [0.25, 0.3) is 0 Å². The summed E-state index contributed by atoms with van der Waals surface area (Å²) in [5.74, 6) is -0.145. The van der Waals surface area contributed by atoms with Crippen LogP contribution in [0.1, 0.15) is 21.7 Å². The van der Waals surface area contributed by atoms with E-state index < -0.39 is 11.9 Å². The molecule has 0 atom stereocenters. The second-order valence-corrected chi connectivity index (χ2v) is 7.02. The maximum Gasteiger partial charge on any atom is 0.356 e. The average molecular weight is 467 g/mol. The molecule has 0 unspecified atom stereocenters. The number of aliphatic hydroxyl groups is 1. The lowest BCUT2D eigenvalue weighted by molar-refractivity contribution is -0.147. The quantitative estimate of drug-likeness (QED) is 0.449. The molecule has 178 valence electrons. The third-order valence-corrected chi connectivity index (χ3v) is 4.80. The molecular weight excluding hydrogens is 442 g/mol. The third kappa shape index (κ3) is 6.02. The molecule has 0 bridgehead atoms. The lowest BCUT2D eigenvalue weighted by atomic mass is 10.0. The normalized spacial score (nSPS) is 10.4. The Labute approximate surface area is 196 Å². The highest BCUT2D eigenvalue weighted by atomic mass is 16.6. The van der Waals surface area contributed by atoms with Crippen LogP contribution in [-0.4, -0.2) is 50.0 Å². The van der Waals surface area contributed by atoms with Crippen LogP contribution in [0.5, 0.6) is 17.2 Å². The molecule has 0 saturated carbocycles. The SMILES string of the molecule is COC(=O)c1cc(-c2c(OC)cc(OCC(=O)OCc3ccccc3)cc2OC)cc(CO)n1. The first-order chi connectivity index (χ1) is 16.5. The van der Waals surface area contributed by atoms with Crippen LogP contribution in [-0.2, 0) is 27.5 Å². The van der Waals surface area contributed by atoms with Gasteiger partial charge in [-0.1, -0.05) is 30.3 Å². The van der Waals surface area contributed by atoms with E-state index in [2.05, 4.69) is 4.98 Å². The summed E-state index contributed by atoms with van der Waals surface area (Å²) in [5.41, 5.74) is 2.18. The summed E-state index contributed by atoms with van der Waals surface area (Å²) in [6.45, 7) is -0.546. The summed E-state index contributed by atoms with van der Waals surface area (Å²) in [4.78, 5) is 28.2. The summed E-state index contributed by atoms with van der Waals surface area (Å²) in [6, 6.07) is 15.6. The largest absolute Gasteiger partial charge is 0.496 e. The highest BCUT2D eigenvalue weighted by molar-refractivity contribution is 5.90. The molecule has 0 spiro atoms. The van der Waals surface area contributed by atoms with Crippen LogP contribution in [0.4, 0.5) is 0 Å². The van der Waals surface area contributed by atoms with Gasteiger partial charge in [0.1, 0.15) is 29.5 Å². The monoisotopic (exact) mass is 467 g/mol. The zero-order valence-electron chi connectivity index (χ0n) is 19.1. The van der Waals surface area contributed by atoms with Crippen molar-refractivity contribution < 1.29 is 38.4 Å². The molecule has 0 saturated heterocycles. The molecule has 0 aliphatic carbocycles. The molecule has 0 radical (unpaired) electrons. The zero-order valence-corrected chi connectivity index (χ0v) is 19.1. The van der Waals surface area contributed by atoms with E-state index in [1.54, 1.807) is 18.2 Å². The molecule has 2 aromatic carbocycles. The van der Waals surface area contributed by atoms with Crippen LogP contribution >= 0.6 is 0 Å².